The summed E-state index contributed by atoms with van der Waals surface area (Å²) in [7, 11) is 0. The highest BCUT2D eigenvalue weighted by molar-refractivity contribution is 7.99. The van der Waals surface area contributed by atoms with Gasteiger partial charge in [0.05, 0.1) is 17.8 Å². The van der Waals surface area contributed by atoms with Crippen LogP contribution in [0.25, 0.3) is 11.3 Å². The highest BCUT2D eigenvalue weighted by atomic mass is 32.2. The summed E-state index contributed by atoms with van der Waals surface area (Å²) >= 11 is 1.63. The van der Waals surface area contributed by atoms with Crippen molar-refractivity contribution in [1.82, 2.24) is 25.4 Å². The molecule has 2 atom stereocenters. The summed E-state index contributed by atoms with van der Waals surface area (Å²) in [6, 6.07) is 13.8. The maximum Gasteiger partial charge on any atom is 0.269 e. The van der Waals surface area contributed by atoms with Crippen LogP contribution in [-0.4, -0.2) is 44.6 Å². The Labute approximate surface area is 172 Å². The van der Waals surface area contributed by atoms with E-state index in [1.165, 1.54) is 0 Å². The van der Waals surface area contributed by atoms with Crippen molar-refractivity contribution in [3.05, 3.63) is 60.6 Å². The van der Waals surface area contributed by atoms with E-state index in [2.05, 4.69) is 38.8 Å². The largest absolute Gasteiger partial charge is 0.343 e. The van der Waals surface area contributed by atoms with Gasteiger partial charge in [-0.05, 0) is 30.7 Å². The number of H-pyrrole nitrogens is 1. The van der Waals surface area contributed by atoms with E-state index in [0.717, 1.165) is 28.3 Å². The number of hydrogen-bond acceptors (Lipinski definition) is 6. The first-order chi connectivity index (χ1) is 14.2. The number of nitrogens with zero attached hydrogens (tertiary/aromatic N) is 4. The summed E-state index contributed by atoms with van der Waals surface area (Å²) in [5.74, 6) is 0.174. The predicted octanol–water partition coefficient (Wildman–Crippen LogP) is 2.91. The number of fused-ring (bicyclic) bond motifs is 1. The first-order valence-corrected chi connectivity index (χ1v) is 10.2. The first kappa shape index (κ1) is 17.8. The van der Waals surface area contributed by atoms with Crippen LogP contribution in [0.3, 0.4) is 0 Å². The molecule has 3 heterocycles. The van der Waals surface area contributed by atoms with Gasteiger partial charge in [0.2, 0.25) is 0 Å². The molecule has 8 heteroatoms. The van der Waals surface area contributed by atoms with Crippen molar-refractivity contribution in [3.63, 3.8) is 0 Å². The lowest BCUT2D eigenvalue weighted by molar-refractivity contribution is 0.0924. The van der Waals surface area contributed by atoms with Gasteiger partial charge < -0.3 is 10.2 Å². The standard InChI is InChI=1S/C21H18N6OS/c22-13-27-11-14-9-21(14,12-27)24-20(28)18-8-17(25-26-18)16-10-23-7-6-19(16)29-15-4-2-1-3-5-15/h1-8,10,14H,9,11-12H2,(H,24,28)(H,25,26)/t14?,21-/m0/s1. The molecule has 5 rings (SSSR count). The molecule has 0 spiro atoms. The zero-order chi connectivity index (χ0) is 19.8. The number of piperidine rings is 1. The average Bonchev–Trinajstić information content (AvgIpc) is 3.10. The Morgan fingerprint density at radius 2 is 2.21 bits per heavy atom. The van der Waals surface area contributed by atoms with Crippen LogP contribution in [0.1, 0.15) is 16.9 Å². The molecular weight excluding hydrogens is 384 g/mol. The SMILES string of the molecule is N#CN1CC2C[C@]2(NC(=O)c2cc(-c3cnccc3Sc3ccccc3)n[nH]2)C1. The van der Waals surface area contributed by atoms with Crippen molar-refractivity contribution < 1.29 is 4.79 Å². The fourth-order valence-electron chi connectivity index (χ4n) is 3.90. The Bertz CT molecular complexity index is 1110. The lowest BCUT2D eigenvalue weighted by atomic mass is 10.2. The van der Waals surface area contributed by atoms with Crippen LogP contribution in [-0.2, 0) is 0 Å². The quantitative estimate of drug-likeness (QED) is 0.637. The molecule has 1 aliphatic heterocycles. The summed E-state index contributed by atoms with van der Waals surface area (Å²) in [4.78, 5) is 20.8. The third-order valence-electron chi connectivity index (χ3n) is 5.50. The van der Waals surface area contributed by atoms with Crippen LogP contribution in [0.5, 0.6) is 0 Å². The number of likely N-dealkylation sites (tertiary alicyclic amines) is 1. The van der Waals surface area contributed by atoms with Crippen molar-refractivity contribution in [2.75, 3.05) is 13.1 Å². The zero-order valence-electron chi connectivity index (χ0n) is 15.5. The van der Waals surface area contributed by atoms with E-state index in [-0.39, 0.29) is 11.4 Å². The van der Waals surface area contributed by atoms with Crippen LogP contribution >= 0.6 is 11.8 Å². The zero-order valence-corrected chi connectivity index (χ0v) is 16.3. The Morgan fingerprint density at radius 1 is 1.34 bits per heavy atom. The van der Waals surface area contributed by atoms with Gasteiger partial charge in [-0.15, -0.1) is 0 Å². The second-order valence-corrected chi connectivity index (χ2v) is 8.56. The fourth-order valence-corrected chi connectivity index (χ4v) is 4.84. The van der Waals surface area contributed by atoms with Crippen LogP contribution in [0, 0.1) is 17.4 Å². The molecule has 2 fully saturated rings. The van der Waals surface area contributed by atoms with Crippen molar-refractivity contribution in [2.45, 2.75) is 21.8 Å². The van der Waals surface area contributed by atoms with E-state index >= 15 is 0 Å². The number of carbonyl (C=O) groups is 1. The van der Waals surface area contributed by atoms with Crippen LogP contribution in [0.2, 0.25) is 0 Å². The Hall–Kier alpha value is -3.31. The number of amides is 1. The summed E-state index contributed by atoms with van der Waals surface area (Å²) in [5.41, 5.74) is 1.70. The predicted molar refractivity (Wildman–Crippen MR) is 108 cm³/mol. The average molecular weight is 402 g/mol. The molecule has 144 valence electrons. The maximum absolute atomic E-state index is 12.7. The second kappa shape index (κ2) is 6.94. The van der Waals surface area contributed by atoms with E-state index < -0.39 is 0 Å². The summed E-state index contributed by atoms with van der Waals surface area (Å²) < 4.78 is 0. The van der Waals surface area contributed by atoms with E-state index in [1.54, 1.807) is 35.1 Å². The first-order valence-electron chi connectivity index (χ1n) is 9.37. The molecule has 0 bridgehead atoms. The van der Waals surface area contributed by atoms with Gasteiger partial charge in [0.1, 0.15) is 5.69 Å². The lowest BCUT2D eigenvalue weighted by Gasteiger charge is -2.16. The maximum atomic E-state index is 12.7. The minimum Gasteiger partial charge on any atom is -0.343 e. The molecule has 1 aromatic carbocycles. The number of aromatic amines is 1. The third-order valence-corrected chi connectivity index (χ3v) is 6.58. The Balaban J connectivity index is 1.35. The lowest BCUT2D eigenvalue weighted by Crippen LogP contribution is -2.41. The third kappa shape index (κ3) is 3.34. The number of aromatic nitrogens is 3. The molecule has 2 aromatic heterocycles. The molecule has 7 nitrogen and oxygen atoms in total. The topological polar surface area (TPSA) is 97.7 Å². The molecule has 1 saturated carbocycles. The number of hydrogen-bond donors (Lipinski definition) is 2. The molecule has 29 heavy (non-hydrogen) atoms. The van der Waals surface area contributed by atoms with Gasteiger partial charge in [0, 0.05) is 40.2 Å². The highest BCUT2D eigenvalue weighted by Gasteiger charge is 2.61. The highest BCUT2D eigenvalue weighted by Crippen LogP contribution is 2.49. The van der Waals surface area contributed by atoms with Crippen LogP contribution in [0.15, 0.2) is 64.6 Å². The van der Waals surface area contributed by atoms with Crippen molar-refractivity contribution in [2.24, 2.45) is 5.92 Å². The molecular formula is C21H18N6OS. The summed E-state index contributed by atoms with van der Waals surface area (Å²) in [6.07, 6.45) is 6.61. The van der Waals surface area contributed by atoms with E-state index in [4.69, 9.17) is 5.26 Å². The molecule has 1 aliphatic carbocycles. The van der Waals surface area contributed by atoms with Gasteiger partial charge in [-0.25, -0.2) is 0 Å². The van der Waals surface area contributed by atoms with Crippen molar-refractivity contribution in [3.8, 4) is 17.5 Å². The molecule has 3 aromatic rings. The Morgan fingerprint density at radius 3 is 3.00 bits per heavy atom. The van der Waals surface area contributed by atoms with Crippen molar-refractivity contribution in [1.29, 1.82) is 5.26 Å². The normalized spacial score (nSPS) is 22.0. The molecule has 1 saturated heterocycles. The number of nitriles is 1. The summed E-state index contributed by atoms with van der Waals surface area (Å²) in [5, 5.41) is 19.4. The van der Waals surface area contributed by atoms with Gasteiger partial charge >= 0.3 is 0 Å². The van der Waals surface area contributed by atoms with Gasteiger partial charge in [-0.2, -0.15) is 10.4 Å². The number of nitrogens with one attached hydrogen (secondary N) is 2. The van der Waals surface area contributed by atoms with Crippen molar-refractivity contribution >= 4 is 17.7 Å². The molecule has 0 radical (unpaired) electrons. The summed E-state index contributed by atoms with van der Waals surface area (Å²) in [6.45, 7) is 1.31. The number of carbonyl (C=O) groups excluding carboxylic acids is 1. The van der Waals surface area contributed by atoms with Gasteiger partial charge in [0.15, 0.2) is 6.19 Å². The van der Waals surface area contributed by atoms with E-state index in [0.29, 0.717) is 23.9 Å². The van der Waals surface area contributed by atoms with Crippen LogP contribution in [0.4, 0.5) is 0 Å². The minimum absolute atomic E-state index is 0.188. The van der Waals surface area contributed by atoms with Crippen LogP contribution < -0.4 is 5.32 Å². The second-order valence-electron chi connectivity index (χ2n) is 7.45. The van der Waals surface area contributed by atoms with E-state index in [9.17, 15) is 4.79 Å². The fraction of sp³-hybridized carbons (Fsp3) is 0.238. The molecule has 2 N–H and O–H groups in total. The van der Waals surface area contributed by atoms with Gasteiger partial charge in [-0.1, -0.05) is 30.0 Å². The van der Waals surface area contributed by atoms with Gasteiger partial charge in [-0.3, -0.25) is 14.9 Å². The minimum atomic E-state index is -0.263. The number of pyridine rings is 1. The number of rotatable bonds is 5. The molecule has 1 unspecified atom stereocenters. The molecule has 2 aliphatic rings. The number of benzene rings is 1. The van der Waals surface area contributed by atoms with Gasteiger partial charge in [0.25, 0.3) is 5.91 Å². The molecule has 1 amide bonds. The smallest absolute Gasteiger partial charge is 0.269 e. The van der Waals surface area contributed by atoms with E-state index in [1.807, 2.05) is 24.3 Å². The Kier molecular flexibility index (Phi) is 4.25. The monoisotopic (exact) mass is 402 g/mol.